The predicted molar refractivity (Wildman–Crippen MR) is 84.5 cm³/mol. The van der Waals surface area contributed by atoms with E-state index >= 15 is 0 Å². The van der Waals surface area contributed by atoms with Crippen LogP contribution < -0.4 is 10.5 Å². The van der Waals surface area contributed by atoms with Crippen LogP contribution in [0, 0.1) is 0 Å². The van der Waals surface area contributed by atoms with E-state index in [9.17, 15) is 0 Å². The minimum Gasteiger partial charge on any atom is -0.492 e. The van der Waals surface area contributed by atoms with Crippen LogP contribution in [0.15, 0.2) is 22.7 Å². The third-order valence-electron chi connectivity index (χ3n) is 3.11. The smallest absolute Gasteiger partial charge is 0.120 e. The summed E-state index contributed by atoms with van der Waals surface area (Å²) in [5.41, 5.74) is 6.74. The number of hydrogen-bond acceptors (Lipinski definition) is 3. The molecule has 0 spiro atoms. The van der Waals surface area contributed by atoms with Crippen molar-refractivity contribution in [3.05, 3.63) is 28.2 Å². The van der Waals surface area contributed by atoms with E-state index in [1.165, 1.54) is 0 Å². The summed E-state index contributed by atoms with van der Waals surface area (Å²) in [5.74, 6) is 0.877. The fraction of sp³-hybridized carbons (Fsp3) is 0.600. The molecule has 4 heteroatoms. The SMILES string of the molecule is CC(C)N(CCOc1cc(Br)cc(CN)c1)C(C)C. The zero-order chi connectivity index (χ0) is 14.4. The van der Waals surface area contributed by atoms with Crippen molar-refractivity contribution in [2.75, 3.05) is 13.2 Å². The van der Waals surface area contributed by atoms with E-state index in [1.807, 2.05) is 18.2 Å². The van der Waals surface area contributed by atoms with Gasteiger partial charge in [-0.15, -0.1) is 0 Å². The molecule has 0 bridgehead atoms. The van der Waals surface area contributed by atoms with Crippen molar-refractivity contribution >= 4 is 15.9 Å². The first-order chi connectivity index (χ1) is 8.93. The van der Waals surface area contributed by atoms with Crippen LogP contribution in [-0.4, -0.2) is 30.1 Å². The Hall–Kier alpha value is -0.580. The second-order valence-electron chi connectivity index (χ2n) is 5.27. The summed E-state index contributed by atoms with van der Waals surface area (Å²) >= 11 is 3.48. The Labute approximate surface area is 125 Å². The lowest BCUT2D eigenvalue weighted by Gasteiger charge is -2.30. The van der Waals surface area contributed by atoms with E-state index in [2.05, 4.69) is 48.5 Å². The number of nitrogens with zero attached hydrogens (tertiary/aromatic N) is 1. The summed E-state index contributed by atoms with van der Waals surface area (Å²) in [6, 6.07) is 7.06. The number of benzene rings is 1. The quantitative estimate of drug-likeness (QED) is 0.833. The van der Waals surface area contributed by atoms with Crippen LogP contribution in [0.1, 0.15) is 33.3 Å². The normalized spacial score (nSPS) is 11.6. The maximum absolute atomic E-state index is 5.83. The van der Waals surface area contributed by atoms with Gasteiger partial charge in [0.2, 0.25) is 0 Å². The van der Waals surface area contributed by atoms with Crippen LogP contribution >= 0.6 is 15.9 Å². The molecule has 0 saturated carbocycles. The van der Waals surface area contributed by atoms with Crippen molar-refractivity contribution in [3.63, 3.8) is 0 Å². The summed E-state index contributed by atoms with van der Waals surface area (Å²) in [4.78, 5) is 2.42. The molecule has 19 heavy (non-hydrogen) atoms. The number of nitrogens with two attached hydrogens (primary N) is 1. The first-order valence-corrected chi connectivity index (χ1v) is 7.61. The molecule has 3 nitrogen and oxygen atoms in total. The fourth-order valence-corrected chi connectivity index (χ4v) is 2.72. The predicted octanol–water partition coefficient (Wildman–Crippen LogP) is 3.41. The number of halogens is 1. The first-order valence-electron chi connectivity index (χ1n) is 6.82. The Morgan fingerprint density at radius 3 is 2.32 bits per heavy atom. The minimum absolute atomic E-state index is 0.528. The van der Waals surface area contributed by atoms with Crippen LogP contribution in [0.2, 0.25) is 0 Å². The first kappa shape index (κ1) is 16.5. The summed E-state index contributed by atoms with van der Waals surface area (Å²) < 4.78 is 6.84. The Morgan fingerprint density at radius 2 is 1.79 bits per heavy atom. The van der Waals surface area contributed by atoms with E-state index in [-0.39, 0.29) is 0 Å². The number of hydrogen-bond donors (Lipinski definition) is 1. The molecular formula is C15H25BrN2O. The van der Waals surface area contributed by atoms with Crippen molar-refractivity contribution < 1.29 is 4.74 Å². The van der Waals surface area contributed by atoms with Gasteiger partial charge in [0.1, 0.15) is 12.4 Å². The van der Waals surface area contributed by atoms with E-state index in [4.69, 9.17) is 10.5 Å². The van der Waals surface area contributed by atoms with Crippen molar-refractivity contribution in [3.8, 4) is 5.75 Å². The molecular weight excluding hydrogens is 304 g/mol. The molecule has 108 valence electrons. The van der Waals surface area contributed by atoms with Crippen molar-refractivity contribution in [2.45, 2.75) is 46.3 Å². The molecule has 0 saturated heterocycles. The molecule has 1 aromatic rings. The Balaban J connectivity index is 2.55. The largest absolute Gasteiger partial charge is 0.492 e. The monoisotopic (exact) mass is 328 g/mol. The van der Waals surface area contributed by atoms with Gasteiger partial charge in [-0.05, 0) is 51.5 Å². The van der Waals surface area contributed by atoms with E-state index in [0.717, 1.165) is 22.3 Å². The molecule has 0 fully saturated rings. The van der Waals surface area contributed by atoms with Gasteiger partial charge in [-0.3, -0.25) is 4.90 Å². The molecule has 2 N–H and O–H groups in total. The van der Waals surface area contributed by atoms with Gasteiger partial charge in [0.05, 0.1) is 0 Å². The van der Waals surface area contributed by atoms with Crippen LogP contribution in [0.5, 0.6) is 5.75 Å². The lowest BCUT2D eigenvalue weighted by Crippen LogP contribution is -2.39. The zero-order valence-electron chi connectivity index (χ0n) is 12.3. The van der Waals surface area contributed by atoms with Crippen LogP contribution in [0.25, 0.3) is 0 Å². The highest BCUT2D eigenvalue weighted by molar-refractivity contribution is 9.10. The minimum atomic E-state index is 0.528. The third-order valence-corrected chi connectivity index (χ3v) is 3.57. The van der Waals surface area contributed by atoms with Crippen LogP contribution in [-0.2, 0) is 6.54 Å². The molecule has 0 radical (unpaired) electrons. The molecule has 0 aliphatic heterocycles. The Morgan fingerprint density at radius 1 is 1.16 bits per heavy atom. The average Bonchev–Trinajstić information content (AvgIpc) is 2.32. The summed E-state index contributed by atoms with van der Waals surface area (Å²) in [6.07, 6.45) is 0. The molecule has 0 unspecified atom stereocenters. The van der Waals surface area contributed by atoms with Crippen molar-refractivity contribution in [1.82, 2.24) is 4.90 Å². The van der Waals surface area contributed by atoms with Gasteiger partial charge < -0.3 is 10.5 Å². The molecule has 1 aromatic carbocycles. The molecule has 1 rings (SSSR count). The van der Waals surface area contributed by atoms with Crippen LogP contribution in [0.3, 0.4) is 0 Å². The van der Waals surface area contributed by atoms with Gasteiger partial charge in [0, 0.05) is 29.6 Å². The molecule has 0 aromatic heterocycles. The summed E-state index contributed by atoms with van der Waals surface area (Å²) in [6.45, 7) is 11.0. The topological polar surface area (TPSA) is 38.5 Å². The lowest BCUT2D eigenvalue weighted by atomic mass is 10.2. The molecule has 0 atom stereocenters. The zero-order valence-corrected chi connectivity index (χ0v) is 13.9. The highest BCUT2D eigenvalue weighted by Gasteiger charge is 2.12. The maximum Gasteiger partial charge on any atom is 0.120 e. The summed E-state index contributed by atoms with van der Waals surface area (Å²) in [5, 5.41) is 0. The highest BCUT2D eigenvalue weighted by atomic mass is 79.9. The molecule has 0 aliphatic carbocycles. The standard InChI is InChI=1S/C15H25BrN2O/c1-11(2)18(12(3)4)5-6-19-15-8-13(10-17)7-14(16)9-15/h7-9,11-12H,5-6,10,17H2,1-4H3. The van der Waals surface area contributed by atoms with Crippen molar-refractivity contribution in [2.24, 2.45) is 5.73 Å². The van der Waals surface area contributed by atoms with Gasteiger partial charge in [0.25, 0.3) is 0 Å². The fourth-order valence-electron chi connectivity index (χ4n) is 2.20. The van der Waals surface area contributed by atoms with Crippen molar-refractivity contribution in [1.29, 1.82) is 0 Å². The highest BCUT2D eigenvalue weighted by Crippen LogP contribution is 2.21. The third kappa shape index (κ3) is 5.51. The number of ether oxygens (including phenoxy) is 1. The Bertz CT molecular complexity index is 386. The van der Waals surface area contributed by atoms with Gasteiger partial charge >= 0.3 is 0 Å². The van der Waals surface area contributed by atoms with Gasteiger partial charge in [-0.25, -0.2) is 0 Å². The second-order valence-corrected chi connectivity index (χ2v) is 6.19. The van der Waals surface area contributed by atoms with Gasteiger partial charge in [-0.1, -0.05) is 15.9 Å². The van der Waals surface area contributed by atoms with E-state index in [0.29, 0.717) is 25.2 Å². The van der Waals surface area contributed by atoms with Crippen LogP contribution in [0.4, 0.5) is 0 Å². The number of rotatable bonds is 7. The van der Waals surface area contributed by atoms with Gasteiger partial charge in [0.15, 0.2) is 0 Å². The van der Waals surface area contributed by atoms with E-state index in [1.54, 1.807) is 0 Å². The molecule has 0 aliphatic rings. The van der Waals surface area contributed by atoms with E-state index < -0.39 is 0 Å². The van der Waals surface area contributed by atoms with Gasteiger partial charge in [-0.2, -0.15) is 0 Å². The lowest BCUT2D eigenvalue weighted by molar-refractivity contribution is 0.142. The summed E-state index contributed by atoms with van der Waals surface area (Å²) in [7, 11) is 0. The molecule has 0 amide bonds. The Kier molecular flexibility index (Phi) is 6.83. The second kappa shape index (κ2) is 7.88. The maximum atomic E-state index is 5.83. The molecule has 0 heterocycles. The average molecular weight is 329 g/mol.